The number of hydrogen-bond donors (Lipinski definition) is 3. The summed E-state index contributed by atoms with van der Waals surface area (Å²) in [7, 11) is 0. The van der Waals surface area contributed by atoms with E-state index in [4.69, 9.17) is 14.7 Å². The van der Waals surface area contributed by atoms with Crippen molar-refractivity contribution in [1.29, 1.82) is 0 Å². The molecule has 0 aliphatic rings. The molecule has 0 atom stereocenters. The minimum absolute atomic E-state index is 0. The predicted molar refractivity (Wildman–Crippen MR) is 27.8 cm³/mol. The molecule has 0 unspecified atom stereocenters. The zero-order chi connectivity index (χ0) is 4.50. The van der Waals surface area contributed by atoms with Crippen molar-refractivity contribution in [2.24, 2.45) is 0 Å². The normalized spacial score (nSPS) is 8.43. The number of hydrogen-bond acceptors (Lipinski definition) is 1. The third-order valence-corrected chi connectivity index (χ3v) is 0. The monoisotopic (exact) mass is 196 g/mol. The summed E-state index contributed by atoms with van der Waals surface area (Å²) in [4.78, 5) is 22.7. The van der Waals surface area contributed by atoms with Crippen molar-refractivity contribution < 1.29 is 35.0 Å². The van der Waals surface area contributed by atoms with Gasteiger partial charge in [0, 0.05) is 17.6 Å². The van der Waals surface area contributed by atoms with Gasteiger partial charge in [-0.15, -0.1) is 0 Å². The van der Waals surface area contributed by atoms with Crippen molar-refractivity contribution in [3.8, 4) is 0 Å². The van der Waals surface area contributed by atoms with Gasteiger partial charge in [-0.25, -0.2) is 0 Å². The third kappa shape index (κ3) is 88.4. The predicted octanol–water partition coefficient (Wildman–Crippen LogP) is -4.08. The van der Waals surface area contributed by atoms with E-state index < -0.39 is 6.72 Å². The van der Waals surface area contributed by atoms with E-state index in [9.17, 15) is 0 Å². The molecule has 3 N–H and O–H groups in total. The molecule has 0 fully saturated rings. The molecule has 0 aromatic rings. The Labute approximate surface area is 71.0 Å². The van der Waals surface area contributed by atoms with Crippen LogP contribution in [0.5, 0.6) is 0 Å². The van der Waals surface area contributed by atoms with Gasteiger partial charge in [-0.3, -0.25) is 0 Å². The molecule has 0 aliphatic heterocycles. The van der Waals surface area contributed by atoms with E-state index in [1.54, 1.807) is 0 Å². The largest absolute Gasteiger partial charge is 1.00 e. The van der Waals surface area contributed by atoms with Gasteiger partial charge in [0.25, 0.3) is 0 Å². The first-order valence-electron chi connectivity index (χ1n) is 0.783. The zero-order valence-corrected chi connectivity index (χ0v) is 7.51. The zero-order valence-electron chi connectivity index (χ0n) is 4.70. The maximum Gasteiger partial charge on any atom is 1.00 e. The summed E-state index contributed by atoms with van der Waals surface area (Å²) in [5, 5.41) is 0. The molecule has 3 nitrogen and oxygen atoms in total. The molecule has 4 radical (unpaired) electrons. The molecule has 0 saturated carbocycles. The molecule has 0 rings (SSSR count). The van der Waals surface area contributed by atoms with Crippen LogP contribution >= 0.6 is 6.72 Å². The van der Waals surface area contributed by atoms with Crippen LogP contribution in [-0.4, -0.2) is 32.3 Å². The fraction of sp³-hybridized carbons (Fsp3) is 0. The van der Waals surface area contributed by atoms with E-state index in [-0.39, 0.29) is 37.9 Å². The van der Waals surface area contributed by atoms with Crippen LogP contribution in [0.2, 0.25) is 0 Å². The second-order valence-electron chi connectivity index (χ2n) is 0.513. The average Bonchev–Trinajstić information content (AvgIpc) is 0.722. The van der Waals surface area contributed by atoms with Crippen molar-refractivity contribution in [1.82, 2.24) is 0 Å². The van der Waals surface area contributed by atoms with Crippen LogP contribution in [0.3, 0.4) is 0 Å². The quantitative estimate of drug-likeness (QED) is 0.271. The van der Waals surface area contributed by atoms with Crippen molar-refractivity contribution in [2.75, 3.05) is 0 Å². The third-order valence-electron chi connectivity index (χ3n) is 0. The second kappa shape index (κ2) is 5.80. The van der Waals surface area contributed by atoms with Crippen LogP contribution in [-0.2, 0) is 11.8 Å². The van der Waals surface area contributed by atoms with Crippen LogP contribution in [0, 0.1) is 0 Å². The summed E-state index contributed by atoms with van der Waals surface area (Å²) in [6, 6.07) is 0. The van der Waals surface area contributed by atoms with Gasteiger partial charge >= 0.3 is 25.6 Å². The molecule has 7 heteroatoms. The van der Waals surface area contributed by atoms with Crippen molar-refractivity contribution in [3.05, 3.63) is 0 Å². The molecule has 0 amide bonds. The van der Waals surface area contributed by atoms with E-state index in [0.29, 0.717) is 0 Å². The SMILES string of the molecule is OP(O)(O)=S.[Ge].[H-].[Li+]. The first kappa shape index (κ1) is 15.9. The minimum atomic E-state index is -3.81. The van der Waals surface area contributed by atoms with Crippen LogP contribution in [0.25, 0.3) is 0 Å². The fourth-order valence-corrected chi connectivity index (χ4v) is 0. The van der Waals surface area contributed by atoms with Gasteiger partial charge in [-0.2, -0.15) is 0 Å². The topological polar surface area (TPSA) is 60.7 Å². The van der Waals surface area contributed by atoms with Crippen molar-refractivity contribution in [2.45, 2.75) is 0 Å². The van der Waals surface area contributed by atoms with Crippen molar-refractivity contribution >= 4 is 36.1 Å². The van der Waals surface area contributed by atoms with Crippen LogP contribution < -0.4 is 18.9 Å². The molecule has 38 valence electrons. The fourth-order valence-electron chi connectivity index (χ4n) is 0. The van der Waals surface area contributed by atoms with Gasteiger partial charge in [-0.1, -0.05) is 0 Å². The molecule has 0 aromatic heterocycles. The maximum absolute atomic E-state index is 7.56. The Morgan fingerprint density at radius 1 is 1.29 bits per heavy atom. The van der Waals surface area contributed by atoms with Crippen molar-refractivity contribution in [3.63, 3.8) is 0 Å². The van der Waals surface area contributed by atoms with Crippen LogP contribution in [0.15, 0.2) is 0 Å². The van der Waals surface area contributed by atoms with E-state index >= 15 is 0 Å². The van der Waals surface area contributed by atoms with E-state index in [1.165, 1.54) is 0 Å². The van der Waals surface area contributed by atoms with Crippen LogP contribution in [0.4, 0.5) is 0 Å². The molecular weight excluding hydrogens is 191 g/mol. The Kier molecular flexibility index (Phi) is 13.1. The summed E-state index contributed by atoms with van der Waals surface area (Å²) < 4.78 is 0. The first-order chi connectivity index (χ1) is 2.00. The van der Waals surface area contributed by atoms with E-state index in [2.05, 4.69) is 11.8 Å². The molecule has 0 aliphatic carbocycles. The van der Waals surface area contributed by atoms with Gasteiger partial charge in [0.2, 0.25) is 0 Å². The standard InChI is InChI=1S/Ge.Li.H3O3PS.H/c;;1-4(2,3)5;/h;;(H3,1,2,3,5);/q;+1;;-1. The molecule has 0 bridgehead atoms. The molecule has 0 aromatic carbocycles. The Bertz CT molecular complexity index is 65.4. The molecule has 0 heterocycles. The van der Waals surface area contributed by atoms with Gasteiger partial charge in [-0.05, 0) is 11.8 Å². The second-order valence-corrected chi connectivity index (χ2v) is 3.01. The van der Waals surface area contributed by atoms with Gasteiger partial charge in [0.1, 0.15) is 0 Å². The summed E-state index contributed by atoms with van der Waals surface area (Å²) in [6.45, 7) is -3.81. The summed E-state index contributed by atoms with van der Waals surface area (Å²) >= 11 is 3.60. The number of rotatable bonds is 0. The smallest absolute Gasteiger partial charge is 1.00 e. The Morgan fingerprint density at radius 3 is 1.29 bits per heavy atom. The van der Waals surface area contributed by atoms with E-state index in [1.807, 2.05) is 0 Å². The Balaban J connectivity index is -0.0000000267. The Morgan fingerprint density at radius 2 is 1.29 bits per heavy atom. The molecule has 0 saturated heterocycles. The Hall–Kier alpha value is 1.67. The minimum Gasteiger partial charge on any atom is -1.00 e. The van der Waals surface area contributed by atoms with Gasteiger partial charge in [0.15, 0.2) is 0 Å². The maximum atomic E-state index is 7.56. The average molecular weight is 195 g/mol. The van der Waals surface area contributed by atoms with Crippen LogP contribution in [0.1, 0.15) is 1.43 Å². The van der Waals surface area contributed by atoms with Gasteiger partial charge in [0.05, 0.1) is 0 Å². The first-order valence-corrected chi connectivity index (χ1v) is 3.44. The summed E-state index contributed by atoms with van der Waals surface area (Å²) in [6.07, 6.45) is 0. The summed E-state index contributed by atoms with van der Waals surface area (Å²) in [5.41, 5.74) is 0. The molecule has 0 spiro atoms. The van der Waals surface area contributed by atoms with E-state index in [0.717, 1.165) is 0 Å². The molecular formula is H4GeLiO3PS. The van der Waals surface area contributed by atoms with Gasteiger partial charge < -0.3 is 16.1 Å². The molecule has 7 heavy (non-hydrogen) atoms. The summed E-state index contributed by atoms with van der Waals surface area (Å²) in [5.74, 6) is 0.